The Morgan fingerprint density at radius 3 is 2.00 bits per heavy atom. The van der Waals surface area contributed by atoms with Crippen LogP contribution in [0.5, 0.6) is 0 Å². The molecule has 0 fully saturated rings. The molecule has 0 amide bonds. The Labute approximate surface area is 102 Å². The van der Waals surface area contributed by atoms with Crippen LogP contribution in [0.25, 0.3) is 0 Å². The third kappa shape index (κ3) is 8.07. The van der Waals surface area contributed by atoms with Gasteiger partial charge in [0.1, 0.15) is 8.24 Å². The van der Waals surface area contributed by atoms with Gasteiger partial charge in [0, 0.05) is 0 Å². The number of rotatable bonds is 6. The van der Waals surface area contributed by atoms with Gasteiger partial charge in [0.05, 0.1) is 6.04 Å². The Morgan fingerprint density at radius 1 is 1.19 bits per heavy atom. The Bertz CT molecular complexity index is 231. The van der Waals surface area contributed by atoms with E-state index in [4.69, 9.17) is 4.43 Å². The molecule has 96 valence electrons. The van der Waals surface area contributed by atoms with E-state index in [0.717, 1.165) is 12.8 Å². The Kier molecular flexibility index (Phi) is 5.93. The van der Waals surface area contributed by atoms with Crippen LogP contribution in [-0.4, -0.2) is 28.6 Å². The normalized spacial score (nSPS) is 14.7. The summed E-state index contributed by atoms with van der Waals surface area (Å²) in [6, 6.07) is -0.108. The van der Waals surface area contributed by atoms with Crippen molar-refractivity contribution in [2.45, 2.75) is 65.1 Å². The minimum atomic E-state index is -1.76. The Balaban J connectivity index is 4.47. The highest BCUT2D eigenvalue weighted by Crippen LogP contribution is 2.10. The summed E-state index contributed by atoms with van der Waals surface area (Å²) < 4.78 is 5.56. The molecule has 5 heteroatoms. The molecule has 0 saturated heterocycles. The minimum Gasteiger partial charge on any atom is -0.519 e. The second-order valence-electron chi connectivity index (χ2n) is 6.27. The zero-order valence-electron chi connectivity index (χ0n) is 11.8. The lowest BCUT2D eigenvalue weighted by Crippen LogP contribution is -2.53. The summed E-state index contributed by atoms with van der Waals surface area (Å²) in [4.78, 5) is 15.5. The second kappa shape index (κ2) is 5.98. The topological polar surface area (TPSA) is 38.3 Å². The number of carbonyl (C=O) groups is 1. The van der Waals surface area contributed by atoms with E-state index in [1.807, 2.05) is 19.6 Å². The second-order valence-corrected chi connectivity index (χ2v) is 15.5. The van der Waals surface area contributed by atoms with Gasteiger partial charge >= 0.3 is 5.97 Å². The third-order valence-corrected chi connectivity index (χ3v) is 3.90. The Hall–Kier alpha value is -0.136. The molecule has 0 spiro atoms. The van der Waals surface area contributed by atoms with E-state index in [9.17, 15) is 4.79 Å². The first-order chi connectivity index (χ1) is 7.05. The highest BCUT2D eigenvalue weighted by Gasteiger charge is 2.29. The predicted octanol–water partition coefficient (Wildman–Crippen LogP) is 2.96. The molecular weight excluding hydrogens is 234 g/mol. The Morgan fingerprint density at radius 2 is 1.69 bits per heavy atom. The van der Waals surface area contributed by atoms with Crippen molar-refractivity contribution >= 4 is 22.5 Å². The van der Waals surface area contributed by atoms with Gasteiger partial charge in [-0.05, 0) is 26.1 Å². The van der Waals surface area contributed by atoms with Gasteiger partial charge in [-0.2, -0.15) is 0 Å². The van der Waals surface area contributed by atoms with E-state index in [-0.39, 0.29) is 12.0 Å². The van der Waals surface area contributed by atoms with Crippen LogP contribution in [0.4, 0.5) is 0 Å². The summed E-state index contributed by atoms with van der Waals surface area (Å²) in [6.45, 7) is 14.8. The van der Waals surface area contributed by atoms with Crippen molar-refractivity contribution in [2.75, 3.05) is 0 Å². The van der Waals surface area contributed by atoms with E-state index < -0.39 is 16.6 Å². The monoisotopic (exact) mass is 261 g/mol. The summed E-state index contributed by atoms with van der Waals surface area (Å²) in [5.41, 5.74) is 0. The van der Waals surface area contributed by atoms with Crippen molar-refractivity contribution in [1.82, 2.24) is 4.98 Å². The lowest BCUT2D eigenvalue weighted by atomic mass is 10.2. The summed E-state index contributed by atoms with van der Waals surface area (Å²) >= 11 is 0. The minimum absolute atomic E-state index is 0.0524. The number of nitrogens with one attached hydrogen (secondary N) is 1. The quantitative estimate of drug-likeness (QED) is 0.747. The summed E-state index contributed by atoms with van der Waals surface area (Å²) in [7, 11) is -3.19. The average molecular weight is 262 g/mol. The van der Waals surface area contributed by atoms with E-state index in [2.05, 4.69) is 31.5 Å². The van der Waals surface area contributed by atoms with E-state index in [0.29, 0.717) is 0 Å². The molecule has 0 aliphatic carbocycles. The van der Waals surface area contributed by atoms with Gasteiger partial charge in [-0.3, -0.25) is 4.79 Å². The average Bonchev–Trinajstić information content (AvgIpc) is 1.97. The summed E-state index contributed by atoms with van der Waals surface area (Å²) in [5.74, 6) is -0.0524. The zero-order chi connectivity index (χ0) is 13.0. The van der Waals surface area contributed by atoms with Crippen molar-refractivity contribution in [2.24, 2.45) is 0 Å². The number of carbonyl (C=O) groups excluding carboxylic acids is 1. The van der Waals surface area contributed by atoms with E-state index in [1.165, 1.54) is 0 Å². The first-order valence-corrected chi connectivity index (χ1v) is 13.0. The maximum Gasteiger partial charge on any atom is 0.309 e. The summed E-state index contributed by atoms with van der Waals surface area (Å²) in [6.07, 6.45) is 1.87. The van der Waals surface area contributed by atoms with Gasteiger partial charge < -0.3 is 9.41 Å². The lowest BCUT2D eigenvalue weighted by molar-refractivity contribution is -0.137. The molecule has 1 N–H and O–H groups in total. The molecule has 0 rings (SSSR count). The summed E-state index contributed by atoms with van der Waals surface area (Å²) in [5, 5.41) is 0. The predicted molar refractivity (Wildman–Crippen MR) is 74.6 cm³/mol. The molecule has 0 saturated carbocycles. The van der Waals surface area contributed by atoms with E-state index in [1.54, 1.807) is 0 Å². The van der Waals surface area contributed by atoms with Crippen LogP contribution in [0.2, 0.25) is 39.3 Å². The van der Waals surface area contributed by atoms with Crippen LogP contribution in [0.3, 0.4) is 0 Å². The van der Waals surface area contributed by atoms with Crippen molar-refractivity contribution in [3.8, 4) is 0 Å². The lowest BCUT2D eigenvalue weighted by Gasteiger charge is -2.28. The fourth-order valence-electron chi connectivity index (χ4n) is 1.43. The molecular formula is C11H27NO2Si2. The molecule has 1 atom stereocenters. The molecule has 3 nitrogen and oxygen atoms in total. The molecule has 16 heavy (non-hydrogen) atoms. The molecule has 0 heterocycles. The van der Waals surface area contributed by atoms with Crippen LogP contribution < -0.4 is 4.98 Å². The largest absolute Gasteiger partial charge is 0.519 e. The highest BCUT2D eigenvalue weighted by atomic mass is 28.4. The van der Waals surface area contributed by atoms with Crippen LogP contribution >= 0.6 is 0 Å². The van der Waals surface area contributed by atoms with Crippen LogP contribution in [0.15, 0.2) is 0 Å². The van der Waals surface area contributed by atoms with Gasteiger partial charge in [0.25, 0.3) is 0 Å². The van der Waals surface area contributed by atoms with Crippen LogP contribution in [0, 0.1) is 0 Å². The molecule has 0 aromatic heterocycles. The molecule has 0 aliphatic heterocycles. The van der Waals surface area contributed by atoms with Crippen molar-refractivity contribution in [3.63, 3.8) is 0 Å². The van der Waals surface area contributed by atoms with Crippen molar-refractivity contribution in [1.29, 1.82) is 0 Å². The highest BCUT2D eigenvalue weighted by molar-refractivity contribution is 6.74. The third-order valence-electron chi connectivity index (χ3n) is 1.88. The van der Waals surface area contributed by atoms with Crippen molar-refractivity contribution in [3.05, 3.63) is 0 Å². The van der Waals surface area contributed by atoms with Gasteiger partial charge in [-0.15, -0.1) is 0 Å². The van der Waals surface area contributed by atoms with Crippen LogP contribution in [-0.2, 0) is 9.22 Å². The number of hydrogen-bond donors (Lipinski definition) is 1. The SMILES string of the molecule is CCCC(N[Si](C)(C)C)C(=O)O[Si](C)(C)C. The smallest absolute Gasteiger partial charge is 0.309 e. The molecule has 0 aromatic carbocycles. The van der Waals surface area contributed by atoms with E-state index >= 15 is 0 Å². The first kappa shape index (κ1) is 15.9. The zero-order valence-corrected chi connectivity index (χ0v) is 13.8. The van der Waals surface area contributed by atoms with Gasteiger partial charge in [0.15, 0.2) is 0 Å². The molecule has 0 radical (unpaired) electrons. The van der Waals surface area contributed by atoms with Gasteiger partial charge in [-0.1, -0.05) is 33.0 Å². The molecule has 0 aromatic rings. The maximum absolute atomic E-state index is 12.0. The molecule has 1 unspecified atom stereocenters. The molecule has 0 aliphatic rings. The van der Waals surface area contributed by atoms with Gasteiger partial charge in [0.2, 0.25) is 8.32 Å². The fourth-order valence-corrected chi connectivity index (χ4v) is 3.49. The van der Waals surface area contributed by atoms with Crippen LogP contribution in [0.1, 0.15) is 19.8 Å². The fraction of sp³-hybridized carbons (Fsp3) is 0.909. The first-order valence-electron chi connectivity index (χ1n) is 6.06. The maximum atomic E-state index is 12.0. The number of hydrogen-bond acceptors (Lipinski definition) is 3. The standard InChI is InChI=1S/C11H27NO2Si2/c1-8-9-10(12-15(2,3)4)11(13)14-16(5,6)7/h10,12H,8-9H2,1-7H3. The van der Waals surface area contributed by atoms with Crippen molar-refractivity contribution < 1.29 is 9.22 Å². The van der Waals surface area contributed by atoms with Gasteiger partial charge in [-0.25, -0.2) is 0 Å². The molecule has 0 bridgehead atoms.